The third kappa shape index (κ3) is 3.21. The van der Waals surface area contributed by atoms with Gasteiger partial charge in [-0.2, -0.15) is 0 Å². The van der Waals surface area contributed by atoms with Crippen LogP contribution in [0.3, 0.4) is 0 Å². The van der Waals surface area contributed by atoms with Crippen LogP contribution in [0.5, 0.6) is 0 Å². The largest absolute Gasteiger partial charge is 0.327 e. The van der Waals surface area contributed by atoms with E-state index in [1.165, 1.54) is 57.9 Å². The quantitative estimate of drug-likeness (QED) is 0.705. The molecule has 0 amide bonds. The first kappa shape index (κ1) is 12.4. The minimum Gasteiger partial charge on any atom is -0.327 e. The maximum atomic E-state index is 6.24. The number of rotatable bonds is 5. The summed E-state index contributed by atoms with van der Waals surface area (Å²) in [6, 6.07) is 0.451. The van der Waals surface area contributed by atoms with E-state index in [0.29, 0.717) is 11.5 Å². The minimum absolute atomic E-state index is 0.451. The summed E-state index contributed by atoms with van der Waals surface area (Å²) in [5.74, 6) is 0.732. The van der Waals surface area contributed by atoms with Crippen LogP contribution in [0.1, 0.15) is 58.3 Å². The van der Waals surface area contributed by atoms with E-state index >= 15 is 0 Å². The van der Waals surface area contributed by atoms with E-state index < -0.39 is 0 Å². The Morgan fingerprint density at radius 3 is 2.62 bits per heavy atom. The highest BCUT2D eigenvalue weighted by Gasteiger charge is 2.40. The molecule has 0 spiro atoms. The van der Waals surface area contributed by atoms with Gasteiger partial charge in [0.2, 0.25) is 0 Å². The van der Waals surface area contributed by atoms with E-state index in [1.807, 2.05) is 0 Å². The first-order valence-electron chi connectivity index (χ1n) is 7.22. The van der Waals surface area contributed by atoms with Crippen LogP contribution in [0.4, 0.5) is 0 Å². The molecule has 94 valence electrons. The molecule has 3 N–H and O–H groups in total. The number of hydrogen-bond donors (Lipinski definition) is 2. The zero-order valence-corrected chi connectivity index (χ0v) is 10.8. The van der Waals surface area contributed by atoms with Gasteiger partial charge in [-0.05, 0) is 50.0 Å². The summed E-state index contributed by atoms with van der Waals surface area (Å²) < 4.78 is 0. The van der Waals surface area contributed by atoms with E-state index in [-0.39, 0.29) is 0 Å². The summed E-state index contributed by atoms with van der Waals surface area (Å²) in [6.45, 7) is 4.71. The van der Waals surface area contributed by atoms with E-state index in [9.17, 15) is 0 Å². The molecule has 16 heavy (non-hydrogen) atoms. The van der Waals surface area contributed by atoms with Gasteiger partial charge in [0, 0.05) is 12.6 Å². The van der Waals surface area contributed by atoms with Crippen LogP contribution in [-0.4, -0.2) is 19.1 Å². The minimum atomic E-state index is 0.451. The lowest BCUT2D eigenvalue weighted by atomic mass is 9.95. The molecule has 0 aliphatic heterocycles. The second-order valence-corrected chi connectivity index (χ2v) is 6.05. The highest BCUT2D eigenvalue weighted by molar-refractivity contribution is 4.93. The van der Waals surface area contributed by atoms with E-state index in [0.717, 1.165) is 12.5 Å². The first-order valence-corrected chi connectivity index (χ1v) is 7.22. The summed E-state index contributed by atoms with van der Waals surface area (Å²) in [4.78, 5) is 0. The molecule has 2 nitrogen and oxygen atoms in total. The second-order valence-electron chi connectivity index (χ2n) is 6.05. The molecule has 0 aromatic heterocycles. The summed E-state index contributed by atoms with van der Waals surface area (Å²) in [5.41, 5.74) is 6.91. The topological polar surface area (TPSA) is 38.0 Å². The number of hydrogen-bond acceptors (Lipinski definition) is 2. The molecular weight excluding hydrogens is 196 g/mol. The fraction of sp³-hybridized carbons (Fsp3) is 1.00. The fourth-order valence-electron chi connectivity index (χ4n) is 3.02. The third-order valence-electron chi connectivity index (χ3n) is 4.83. The molecule has 0 saturated heterocycles. The summed E-state index contributed by atoms with van der Waals surface area (Å²) in [7, 11) is 0. The van der Waals surface area contributed by atoms with Gasteiger partial charge in [0.05, 0.1) is 0 Å². The Kier molecular flexibility index (Phi) is 4.26. The van der Waals surface area contributed by atoms with Gasteiger partial charge in [0.15, 0.2) is 0 Å². The predicted octanol–water partition coefficient (Wildman–Crippen LogP) is 2.67. The van der Waals surface area contributed by atoms with Gasteiger partial charge in [0.1, 0.15) is 0 Å². The van der Waals surface area contributed by atoms with Crippen LogP contribution >= 0.6 is 0 Å². The Bertz CT molecular complexity index is 211. The number of nitrogens with two attached hydrogens (primary N) is 1. The zero-order valence-electron chi connectivity index (χ0n) is 10.8. The molecule has 0 aromatic carbocycles. The van der Waals surface area contributed by atoms with Gasteiger partial charge in [-0.3, -0.25) is 0 Å². The van der Waals surface area contributed by atoms with Gasteiger partial charge >= 0.3 is 0 Å². The van der Waals surface area contributed by atoms with Crippen LogP contribution in [0, 0.1) is 11.3 Å². The molecule has 2 heteroatoms. The smallest absolute Gasteiger partial charge is 0.00792 e. The molecule has 0 aromatic rings. The van der Waals surface area contributed by atoms with Crippen molar-refractivity contribution in [1.82, 2.24) is 5.32 Å². The lowest BCUT2D eigenvalue weighted by Gasteiger charge is -2.23. The second kappa shape index (κ2) is 5.50. The number of nitrogens with one attached hydrogen (secondary N) is 1. The van der Waals surface area contributed by atoms with Gasteiger partial charge in [-0.25, -0.2) is 0 Å². The van der Waals surface area contributed by atoms with Crippen molar-refractivity contribution < 1.29 is 0 Å². The molecule has 2 unspecified atom stereocenters. The van der Waals surface area contributed by atoms with Crippen molar-refractivity contribution in [1.29, 1.82) is 0 Å². The summed E-state index contributed by atoms with van der Waals surface area (Å²) in [5, 5.41) is 3.69. The van der Waals surface area contributed by atoms with Crippen LogP contribution in [-0.2, 0) is 0 Å². The molecule has 2 fully saturated rings. The lowest BCUT2D eigenvalue weighted by molar-refractivity contribution is 0.349. The maximum Gasteiger partial charge on any atom is 0.00792 e. The van der Waals surface area contributed by atoms with Crippen molar-refractivity contribution in [2.75, 3.05) is 13.1 Å². The molecular formula is C14H28N2. The van der Waals surface area contributed by atoms with Crippen molar-refractivity contribution in [3.8, 4) is 0 Å². The standard InChI is InChI=1S/C14H28N2/c1-2-14(8-9-14)11-16-10-12-6-4-3-5-7-13(12)15/h12-13,16H,2-11,15H2,1H3. The van der Waals surface area contributed by atoms with Crippen LogP contribution in [0.15, 0.2) is 0 Å². The molecule has 2 atom stereocenters. The van der Waals surface area contributed by atoms with Crippen LogP contribution in [0.2, 0.25) is 0 Å². The molecule has 2 rings (SSSR count). The third-order valence-corrected chi connectivity index (χ3v) is 4.83. The van der Waals surface area contributed by atoms with Gasteiger partial charge < -0.3 is 11.1 Å². The van der Waals surface area contributed by atoms with Crippen LogP contribution < -0.4 is 11.1 Å². The molecule has 0 heterocycles. The Morgan fingerprint density at radius 1 is 1.19 bits per heavy atom. The average Bonchev–Trinajstić information content (AvgIpc) is 3.07. The zero-order chi connectivity index (χ0) is 11.4. The summed E-state index contributed by atoms with van der Waals surface area (Å²) >= 11 is 0. The van der Waals surface area contributed by atoms with Gasteiger partial charge in [-0.1, -0.05) is 26.2 Å². The summed E-state index contributed by atoms with van der Waals surface area (Å²) in [6.07, 6.45) is 10.9. The molecule has 2 aliphatic carbocycles. The monoisotopic (exact) mass is 224 g/mol. The molecule has 0 radical (unpaired) electrons. The van der Waals surface area contributed by atoms with Crippen molar-refractivity contribution in [2.45, 2.75) is 64.3 Å². The van der Waals surface area contributed by atoms with E-state index in [4.69, 9.17) is 5.73 Å². The fourth-order valence-corrected chi connectivity index (χ4v) is 3.02. The molecule has 0 bridgehead atoms. The lowest BCUT2D eigenvalue weighted by Crippen LogP contribution is -2.38. The highest BCUT2D eigenvalue weighted by Crippen LogP contribution is 2.47. The van der Waals surface area contributed by atoms with Crippen molar-refractivity contribution in [3.05, 3.63) is 0 Å². The SMILES string of the molecule is CCC1(CNCC2CCCCCC2N)CC1. The van der Waals surface area contributed by atoms with Crippen LogP contribution in [0.25, 0.3) is 0 Å². The maximum absolute atomic E-state index is 6.24. The molecule has 2 saturated carbocycles. The highest BCUT2D eigenvalue weighted by atomic mass is 14.9. The Hall–Kier alpha value is -0.0800. The Labute approximate surface area is 100 Å². The molecule has 2 aliphatic rings. The predicted molar refractivity (Wildman–Crippen MR) is 69.4 cm³/mol. The Morgan fingerprint density at radius 2 is 1.94 bits per heavy atom. The van der Waals surface area contributed by atoms with Gasteiger partial charge in [0.25, 0.3) is 0 Å². The van der Waals surface area contributed by atoms with Crippen molar-refractivity contribution in [2.24, 2.45) is 17.1 Å². The Balaban J connectivity index is 1.67. The van der Waals surface area contributed by atoms with Gasteiger partial charge in [-0.15, -0.1) is 0 Å². The van der Waals surface area contributed by atoms with Crippen molar-refractivity contribution in [3.63, 3.8) is 0 Å². The average molecular weight is 224 g/mol. The van der Waals surface area contributed by atoms with Crippen molar-refractivity contribution >= 4 is 0 Å². The first-order chi connectivity index (χ1) is 7.76. The van der Waals surface area contributed by atoms with E-state index in [1.54, 1.807) is 0 Å². The van der Waals surface area contributed by atoms with E-state index in [2.05, 4.69) is 12.2 Å². The normalized spacial score (nSPS) is 33.4.